The van der Waals surface area contributed by atoms with Gasteiger partial charge in [0.15, 0.2) is 0 Å². The summed E-state index contributed by atoms with van der Waals surface area (Å²) in [5.74, 6) is -0.244. The third-order valence-corrected chi connectivity index (χ3v) is 2.00. The lowest BCUT2D eigenvalue weighted by molar-refractivity contribution is -0.116. The van der Waals surface area contributed by atoms with E-state index in [1.165, 1.54) is 6.92 Å². The Hall–Kier alpha value is -1.59. The van der Waals surface area contributed by atoms with Crippen molar-refractivity contribution in [2.24, 2.45) is 5.73 Å². The third kappa shape index (κ3) is 6.22. The van der Waals surface area contributed by atoms with E-state index in [0.29, 0.717) is 11.4 Å². The summed E-state index contributed by atoms with van der Waals surface area (Å²) in [7, 11) is 0. The molecular formula is C12H18ClN3O2. The Bertz CT molecular complexity index is 404. The summed E-state index contributed by atoms with van der Waals surface area (Å²) < 4.78 is 0. The van der Waals surface area contributed by atoms with Gasteiger partial charge in [0.1, 0.15) is 0 Å². The van der Waals surface area contributed by atoms with E-state index in [-0.39, 0.29) is 36.7 Å². The molecule has 1 unspecified atom stereocenters. The van der Waals surface area contributed by atoms with Crippen LogP contribution in [-0.2, 0) is 9.59 Å². The molecule has 0 aliphatic rings. The van der Waals surface area contributed by atoms with Gasteiger partial charge in [0.25, 0.3) is 0 Å². The molecule has 6 heteroatoms. The van der Waals surface area contributed by atoms with Crippen molar-refractivity contribution in [2.45, 2.75) is 26.3 Å². The highest BCUT2D eigenvalue weighted by Crippen LogP contribution is 2.13. The molecule has 100 valence electrons. The normalized spacial score (nSPS) is 11.1. The number of amides is 2. The Morgan fingerprint density at radius 1 is 1.17 bits per heavy atom. The Balaban J connectivity index is 0.00000289. The Kier molecular flexibility index (Phi) is 7.00. The molecule has 2 amide bonds. The number of carbonyl (C=O) groups excluding carboxylic acids is 2. The SMILES string of the molecule is CC(=O)Nc1ccc(NC(=O)CC(C)N)cc1.Cl. The third-order valence-electron chi connectivity index (χ3n) is 2.00. The van der Waals surface area contributed by atoms with Crippen LogP contribution in [0.1, 0.15) is 20.3 Å². The minimum atomic E-state index is -0.159. The van der Waals surface area contributed by atoms with Crippen LogP contribution < -0.4 is 16.4 Å². The zero-order valence-electron chi connectivity index (χ0n) is 10.4. The van der Waals surface area contributed by atoms with Crippen LogP contribution in [0.25, 0.3) is 0 Å². The van der Waals surface area contributed by atoms with Gasteiger partial charge >= 0.3 is 0 Å². The fourth-order valence-electron chi connectivity index (χ4n) is 1.34. The lowest BCUT2D eigenvalue weighted by Crippen LogP contribution is -2.23. The average Bonchev–Trinajstić information content (AvgIpc) is 2.18. The molecule has 18 heavy (non-hydrogen) atoms. The van der Waals surface area contributed by atoms with Gasteiger partial charge in [-0.1, -0.05) is 0 Å². The van der Waals surface area contributed by atoms with Gasteiger partial charge in [-0.3, -0.25) is 9.59 Å². The minimum absolute atomic E-state index is 0. The highest BCUT2D eigenvalue weighted by Gasteiger charge is 2.05. The minimum Gasteiger partial charge on any atom is -0.327 e. The predicted octanol–water partition coefficient (Wildman–Crippen LogP) is 1.74. The maximum atomic E-state index is 11.4. The number of carbonyl (C=O) groups is 2. The van der Waals surface area contributed by atoms with Crippen molar-refractivity contribution in [3.8, 4) is 0 Å². The molecule has 0 aliphatic heterocycles. The zero-order valence-corrected chi connectivity index (χ0v) is 11.2. The second-order valence-electron chi connectivity index (χ2n) is 3.99. The van der Waals surface area contributed by atoms with Gasteiger partial charge < -0.3 is 16.4 Å². The van der Waals surface area contributed by atoms with Gasteiger partial charge in [0.05, 0.1) is 0 Å². The summed E-state index contributed by atoms with van der Waals surface area (Å²) in [5.41, 5.74) is 6.90. The number of benzene rings is 1. The summed E-state index contributed by atoms with van der Waals surface area (Å²) in [6, 6.07) is 6.74. The molecule has 0 saturated heterocycles. The van der Waals surface area contributed by atoms with Gasteiger partial charge in [-0.25, -0.2) is 0 Å². The van der Waals surface area contributed by atoms with Crippen molar-refractivity contribution in [1.29, 1.82) is 0 Å². The fourth-order valence-corrected chi connectivity index (χ4v) is 1.34. The maximum Gasteiger partial charge on any atom is 0.225 e. The quantitative estimate of drug-likeness (QED) is 0.780. The van der Waals surface area contributed by atoms with Crippen LogP contribution in [0.2, 0.25) is 0 Å². The molecule has 0 fully saturated rings. The summed E-state index contributed by atoms with van der Waals surface area (Å²) in [4.78, 5) is 22.2. The molecule has 1 atom stereocenters. The number of nitrogens with one attached hydrogen (secondary N) is 2. The predicted molar refractivity (Wildman–Crippen MR) is 74.9 cm³/mol. The van der Waals surface area contributed by atoms with Crippen LogP contribution >= 0.6 is 12.4 Å². The molecule has 5 nitrogen and oxygen atoms in total. The Morgan fingerprint density at radius 3 is 2.00 bits per heavy atom. The summed E-state index contributed by atoms with van der Waals surface area (Å²) in [5, 5.41) is 5.37. The van der Waals surface area contributed by atoms with E-state index in [1.54, 1.807) is 31.2 Å². The van der Waals surface area contributed by atoms with Crippen molar-refractivity contribution in [3.05, 3.63) is 24.3 Å². The highest BCUT2D eigenvalue weighted by molar-refractivity contribution is 5.92. The first-order valence-corrected chi connectivity index (χ1v) is 5.40. The smallest absolute Gasteiger partial charge is 0.225 e. The molecule has 0 spiro atoms. The number of hydrogen-bond donors (Lipinski definition) is 3. The molecule has 0 saturated carbocycles. The van der Waals surface area contributed by atoms with Gasteiger partial charge in [-0.05, 0) is 31.2 Å². The van der Waals surface area contributed by atoms with Crippen molar-refractivity contribution in [1.82, 2.24) is 0 Å². The summed E-state index contributed by atoms with van der Waals surface area (Å²) in [6.45, 7) is 3.22. The molecule has 1 rings (SSSR count). The second kappa shape index (κ2) is 7.68. The van der Waals surface area contributed by atoms with Crippen molar-refractivity contribution < 1.29 is 9.59 Å². The van der Waals surface area contributed by atoms with Gasteiger partial charge in [-0.2, -0.15) is 0 Å². The molecule has 0 aliphatic carbocycles. The van der Waals surface area contributed by atoms with E-state index in [1.807, 2.05) is 0 Å². The second-order valence-corrected chi connectivity index (χ2v) is 3.99. The average molecular weight is 272 g/mol. The molecular weight excluding hydrogens is 254 g/mol. The van der Waals surface area contributed by atoms with E-state index >= 15 is 0 Å². The van der Waals surface area contributed by atoms with Gasteiger partial charge in [0, 0.05) is 30.8 Å². The lowest BCUT2D eigenvalue weighted by Gasteiger charge is -2.08. The van der Waals surface area contributed by atoms with Crippen LogP contribution in [-0.4, -0.2) is 17.9 Å². The molecule has 4 N–H and O–H groups in total. The van der Waals surface area contributed by atoms with Crippen LogP contribution in [0.5, 0.6) is 0 Å². The highest BCUT2D eigenvalue weighted by atomic mass is 35.5. The maximum absolute atomic E-state index is 11.4. The number of hydrogen-bond acceptors (Lipinski definition) is 3. The van der Waals surface area contributed by atoms with E-state index in [4.69, 9.17) is 5.73 Å². The van der Waals surface area contributed by atoms with E-state index in [0.717, 1.165) is 0 Å². The zero-order chi connectivity index (χ0) is 12.8. The van der Waals surface area contributed by atoms with Crippen molar-refractivity contribution >= 4 is 35.6 Å². The van der Waals surface area contributed by atoms with Gasteiger partial charge in [-0.15, -0.1) is 12.4 Å². The van der Waals surface area contributed by atoms with E-state index in [9.17, 15) is 9.59 Å². The monoisotopic (exact) mass is 271 g/mol. The molecule has 0 heterocycles. The van der Waals surface area contributed by atoms with E-state index < -0.39 is 0 Å². The van der Waals surface area contributed by atoms with Crippen LogP contribution in [0.3, 0.4) is 0 Å². The number of halogens is 1. The first-order chi connectivity index (χ1) is 7.97. The van der Waals surface area contributed by atoms with Crippen LogP contribution in [0.15, 0.2) is 24.3 Å². The number of rotatable bonds is 4. The first-order valence-electron chi connectivity index (χ1n) is 5.40. The topological polar surface area (TPSA) is 84.2 Å². The van der Waals surface area contributed by atoms with Gasteiger partial charge in [0.2, 0.25) is 11.8 Å². The van der Waals surface area contributed by atoms with Crippen LogP contribution in [0, 0.1) is 0 Å². The molecule has 1 aromatic rings. The summed E-state index contributed by atoms with van der Waals surface area (Å²) in [6.07, 6.45) is 0.285. The number of anilines is 2. The fraction of sp³-hybridized carbons (Fsp3) is 0.333. The Morgan fingerprint density at radius 2 is 1.61 bits per heavy atom. The van der Waals surface area contributed by atoms with E-state index in [2.05, 4.69) is 10.6 Å². The van der Waals surface area contributed by atoms with Crippen LogP contribution in [0.4, 0.5) is 11.4 Å². The van der Waals surface area contributed by atoms with Crippen molar-refractivity contribution in [2.75, 3.05) is 10.6 Å². The number of nitrogens with two attached hydrogens (primary N) is 1. The first kappa shape index (κ1) is 16.4. The van der Waals surface area contributed by atoms with Crippen molar-refractivity contribution in [3.63, 3.8) is 0 Å². The molecule has 0 aromatic heterocycles. The molecule has 1 aromatic carbocycles. The molecule has 0 bridgehead atoms. The molecule has 0 radical (unpaired) electrons. The summed E-state index contributed by atoms with van der Waals surface area (Å²) >= 11 is 0. The standard InChI is InChI=1S/C12H17N3O2.ClH/c1-8(13)7-12(17)15-11-5-3-10(4-6-11)14-9(2)16;/h3-6,8H,7,13H2,1-2H3,(H,14,16)(H,15,17);1H. The lowest BCUT2D eigenvalue weighted by atomic mass is 10.2. The Labute approximate surface area is 113 Å². The largest absolute Gasteiger partial charge is 0.327 e.